The van der Waals surface area contributed by atoms with E-state index in [4.69, 9.17) is 0 Å². The summed E-state index contributed by atoms with van der Waals surface area (Å²) in [6.07, 6.45) is 3.76. The summed E-state index contributed by atoms with van der Waals surface area (Å²) < 4.78 is 0. The summed E-state index contributed by atoms with van der Waals surface area (Å²) in [7, 11) is 0. The van der Waals surface area contributed by atoms with E-state index in [1.54, 1.807) is 0 Å². The number of hydrogen-bond donors (Lipinski definition) is 1. The van der Waals surface area contributed by atoms with E-state index in [0.717, 1.165) is 51.3 Å². The molecule has 0 amide bonds. The van der Waals surface area contributed by atoms with Crippen molar-refractivity contribution in [2.24, 2.45) is 0 Å². The second kappa shape index (κ2) is 7.15. The van der Waals surface area contributed by atoms with Crippen LogP contribution in [0.3, 0.4) is 0 Å². The van der Waals surface area contributed by atoms with Crippen molar-refractivity contribution in [2.75, 3.05) is 32.7 Å². The molecular formula is C15H21N3. The molecule has 1 aromatic rings. The van der Waals surface area contributed by atoms with Crippen LogP contribution < -0.4 is 5.32 Å². The monoisotopic (exact) mass is 243 g/mol. The average Bonchev–Trinajstić information content (AvgIpc) is 2.45. The van der Waals surface area contributed by atoms with Crippen molar-refractivity contribution in [3.63, 3.8) is 0 Å². The van der Waals surface area contributed by atoms with E-state index in [9.17, 15) is 0 Å². The third-order valence-electron chi connectivity index (χ3n) is 3.20. The van der Waals surface area contributed by atoms with Crippen LogP contribution in [0.1, 0.15) is 18.2 Å². The fourth-order valence-corrected chi connectivity index (χ4v) is 1.96. The topological polar surface area (TPSA) is 28.2 Å². The molecule has 3 nitrogen and oxygen atoms in total. The zero-order valence-electron chi connectivity index (χ0n) is 11.1. The van der Waals surface area contributed by atoms with E-state index in [1.165, 1.54) is 5.56 Å². The molecule has 1 aliphatic heterocycles. The van der Waals surface area contributed by atoms with Gasteiger partial charge in [-0.2, -0.15) is 0 Å². The summed E-state index contributed by atoms with van der Waals surface area (Å²) in [5.41, 5.74) is 2.35. The van der Waals surface area contributed by atoms with Crippen LogP contribution in [-0.4, -0.2) is 42.6 Å². The van der Waals surface area contributed by atoms with Gasteiger partial charge in [-0.3, -0.25) is 9.88 Å². The standard InChI is InChI=1S/C15H21N3/c1-2-14-6-7-15(17-13-14)5-3-4-10-18-11-8-16-9-12-18/h6-7,13,16H,2,5,8-12H2,1H3. The second-order valence-electron chi connectivity index (χ2n) is 4.57. The van der Waals surface area contributed by atoms with E-state index in [0.29, 0.717) is 0 Å². The molecule has 0 aliphatic carbocycles. The molecule has 0 bridgehead atoms. The minimum absolute atomic E-state index is 0.760. The maximum Gasteiger partial charge on any atom is 0.0602 e. The van der Waals surface area contributed by atoms with Crippen molar-refractivity contribution in [2.45, 2.75) is 19.8 Å². The molecular weight excluding hydrogens is 222 g/mol. The Morgan fingerprint density at radius 2 is 2.11 bits per heavy atom. The number of hydrogen-bond acceptors (Lipinski definition) is 3. The van der Waals surface area contributed by atoms with Crippen LogP contribution in [0.15, 0.2) is 18.3 Å². The first kappa shape index (κ1) is 13.1. The molecule has 1 aliphatic rings. The largest absolute Gasteiger partial charge is 0.314 e. The molecule has 0 saturated carbocycles. The smallest absolute Gasteiger partial charge is 0.0602 e. The number of rotatable bonds is 3. The van der Waals surface area contributed by atoms with Gasteiger partial charge >= 0.3 is 0 Å². The van der Waals surface area contributed by atoms with Crippen molar-refractivity contribution in [1.82, 2.24) is 15.2 Å². The van der Waals surface area contributed by atoms with E-state index in [-0.39, 0.29) is 0 Å². The van der Waals surface area contributed by atoms with Crippen LogP contribution in [0.2, 0.25) is 0 Å². The summed E-state index contributed by atoms with van der Waals surface area (Å²) in [5.74, 6) is 6.45. The molecule has 1 fully saturated rings. The molecule has 1 saturated heterocycles. The van der Waals surface area contributed by atoms with E-state index in [2.05, 4.69) is 46.1 Å². The molecule has 0 spiro atoms. The van der Waals surface area contributed by atoms with Crippen LogP contribution in [0.4, 0.5) is 0 Å². The minimum Gasteiger partial charge on any atom is -0.314 e. The van der Waals surface area contributed by atoms with E-state index >= 15 is 0 Å². The highest BCUT2D eigenvalue weighted by Crippen LogP contribution is 2.01. The molecule has 0 unspecified atom stereocenters. The number of nitrogens with zero attached hydrogens (tertiary/aromatic N) is 2. The summed E-state index contributed by atoms with van der Waals surface area (Å²) in [5, 5.41) is 3.34. The Bertz CT molecular complexity index is 408. The maximum absolute atomic E-state index is 4.41. The zero-order valence-corrected chi connectivity index (χ0v) is 11.1. The van der Waals surface area contributed by atoms with Gasteiger partial charge in [0.25, 0.3) is 0 Å². The lowest BCUT2D eigenvalue weighted by molar-refractivity contribution is 0.268. The summed E-state index contributed by atoms with van der Waals surface area (Å²) >= 11 is 0. The Morgan fingerprint density at radius 1 is 1.28 bits per heavy atom. The van der Waals surface area contributed by atoms with Crippen molar-refractivity contribution in [3.05, 3.63) is 29.6 Å². The molecule has 0 atom stereocenters. The lowest BCUT2D eigenvalue weighted by Crippen LogP contribution is -2.43. The molecule has 3 heteroatoms. The quantitative estimate of drug-likeness (QED) is 0.806. The van der Waals surface area contributed by atoms with Crippen LogP contribution in [0.5, 0.6) is 0 Å². The van der Waals surface area contributed by atoms with Gasteiger partial charge in [-0.15, -0.1) is 0 Å². The predicted octanol–water partition coefficient (Wildman–Crippen LogP) is 1.10. The number of aromatic nitrogens is 1. The first-order chi connectivity index (χ1) is 8.88. The predicted molar refractivity (Wildman–Crippen MR) is 74.4 cm³/mol. The van der Waals surface area contributed by atoms with Gasteiger partial charge in [0, 0.05) is 32.4 Å². The summed E-state index contributed by atoms with van der Waals surface area (Å²) in [6.45, 7) is 7.42. The van der Waals surface area contributed by atoms with Crippen molar-refractivity contribution < 1.29 is 0 Å². The Kier molecular flexibility index (Phi) is 5.19. The van der Waals surface area contributed by atoms with Crippen LogP contribution in [0, 0.1) is 11.8 Å². The Hall–Kier alpha value is -1.37. The Labute approximate surface area is 110 Å². The normalized spacial score (nSPS) is 16.1. The lowest BCUT2D eigenvalue weighted by Gasteiger charge is -2.24. The van der Waals surface area contributed by atoms with Gasteiger partial charge < -0.3 is 5.32 Å². The maximum atomic E-state index is 4.41. The highest BCUT2D eigenvalue weighted by Gasteiger charge is 2.06. The van der Waals surface area contributed by atoms with Gasteiger partial charge in [-0.25, -0.2) is 0 Å². The fraction of sp³-hybridized carbons (Fsp3) is 0.533. The highest BCUT2D eigenvalue weighted by atomic mass is 15.2. The van der Waals surface area contributed by atoms with Crippen molar-refractivity contribution in [1.29, 1.82) is 0 Å². The molecule has 1 aromatic heterocycles. The van der Waals surface area contributed by atoms with Gasteiger partial charge in [0.05, 0.1) is 18.7 Å². The van der Waals surface area contributed by atoms with Crippen LogP contribution in [-0.2, 0) is 12.8 Å². The lowest BCUT2D eigenvalue weighted by atomic mass is 10.2. The molecule has 0 radical (unpaired) electrons. The van der Waals surface area contributed by atoms with Gasteiger partial charge in [0.1, 0.15) is 0 Å². The highest BCUT2D eigenvalue weighted by molar-refractivity contribution is 5.18. The van der Waals surface area contributed by atoms with Crippen molar-refractivity contribution >= 4 is 0 Å². The average molecular weight is 243 g/mol. The molecule has 1 N–H and O–H groups in total. The Balaban J connectivity index is 1.76. The molecule has 2 rings (SSSR count). The molecule has 18 heavy (non-hydrogen) atoms. The van der Waals surface area contributed by atoms with Gasteiger partial charge in [-0.05, 0) is 18.1 Å². The van der Waals surface area contributed by atoms with Gasteiger partial charge in [-0.1, -0.05) is 24.8 Å². The number of pyridine rings is 1. The number of nitrogens with one attached hydrogen (secondary N) is 1. The number of piperazine rings is 1. The summed E-state index contributed by atoms with van der Waals surface area (Å²) in [4.78, 5) is 6.79. The van der Waals surface area contributed by atoms with Crippen LogP contribution in [0.25, 0.3) is 0 Å². The SMILES string of the molecule is CCc1ccc(CC#CCN2CCNCC2)nc1. The third-order valence-corrected chi connectivity index (χ3v) is 3.20. The third kappa shape index (κ3) is 4.14. The molecule has 96 valence electrons. The Morgan fingerprint density at radius 3 is 2.78 bits per heavy atom. The van der Waals surface area contributed by atoms with Crippen LogP contribution >= 0.6 is 0 Å². The van der Waals surface area contributed by atoms with Gasteiger partial charge in [0.15, 0.2) is 0 Å². The zero-order chi connectivity index (χ0) is 12.6. The number of aryl methyl sites for hydroxylation is 1. The van der Waals surface area contributed by atoms with Crippen molar-refractivity contribution in [3.8, 4) is 11.8 Å². The van der Waals surface area contributed by atoms with Gasteiger partial charge in [0.2, 0.25) is 0 Å². The minimum atomic E-state index is 0.760. The first-order valence-electron chi connectivity index (χ1n) is 6.71. The molecule has 2 heterocycles. The fourth-order valence-electron chi connectivity index (χ4n) is 1.96. The molecule has 0 aromatic carbocycles. The second-order valence-corrected chi connectivity index (χ2v) is 4.57. The summed E-state index contributed by atoms with van der Waals surface area (Å²) in [6, 6.07) is 4.22. The first-order valence-corrected chi connectivity index (χ1v) is 6.71. The van der Waals surface area contributed by atoms with E-state index < -0.39 is 0 Å². The van der Waals surface area contributed by atoms with E-state index in [1.807, 2.05) is 6.20 Å².